The number of nitrogens with one attached hydrogen (secondary N) is 1. The van der Waals surface area contributed by atoms with E-state index < -0.39 is 0 Å². The number of rotatable bonds is 2. The molecule has 88 valence electrons. The zero-order chi connectivity index (χ0) is 12.4. The van der Waals surface area contributed by atoms with E-state index in [1.165, 1.54) is 18.4 Å². The first-order valence-corrected chi connectivity index (χ1v) is 5.29. The molecule has 17 heavy (non-hydrogen) atoms. The molecule has 2 N–H and O–H groups in total. The van der Waals surface area contributed by atoms with Gasteiger partial charge in [-0.2, -0.15) is 0 Å². The van der Waals surface area contributed by atoms with Crippen LogP contribution in [0.3, 0.4) is 0 Å². The van der Waals surface area contributed by atoms with E-state index in [4.69, 9.17) is 16.0 Å². The van der Waals surface area contributed by atoms with Crippen LogP contribution in [0.25, 0.3) is 0 Å². The van der Waals surface area contributed by atoms with Gasteiger partial charge in [-0.15, -0.1) is 0 Å². The molecule has 0 fully saturated rings. The highest BCUT2D eigenvalue weighted by atomic mass is 35.5. The number of anilines is 1. The zero-order valence-corrected chi connectivity index (χ0v) is 9.78. The van der Waals surface area contributed by atoms with Gasteiger partial charge in [0.25, 0.3) is 5.91 Å². The topological polar surface area (TPSA) is 62.5 Å². The normalized spacial score (nSPS) is 10.2. The van der Waals surface area contributed by atoms with Crippen LogP contribution in [0.2, 0.25) is 5.22 Å². The molecule has 0 saturated heterocycles. The Morgan fingerprint density at radius 1 is 1.41 bits per heavy atom. The van der Waals surface area contributed by atoms with E-state index in [0.29, 0.717) is 5.69 Å². The first kappa shape index (κ1) is 11.5. The van der Waals surface area contributed by atoms with Crippen molar-refractivity contribution in [3.05, 3.63) is 46.9 Å². The van der Waals surface area contributed by atoms with Crippen molar-refractivity contribution in [3.63, 3.8) is 0 Å². The summed E-state index contributed by atoms with van der Waals surface area (Å²) in [5.74, 6) is -0.195. The van der Waals surface area contributed by atoms with Crippen LogP contribution >= 0.6 is 11.6 Å². The van der Waals surface area contributed by atoms with E-state index in [-0.39, 0.29) is 22.4 Å². The van der Waals surface area contributed by atoms with Crippen LogP contribution in [-0.4, -0.2) is 11.0 Å². The van der Waals surface area contributed by atoms with Gasteiger partial charge in [0.15, 0.2) is 0 Å². The van der Waals surface area contributed by atoms with Gasteiger partial charge < -0.3 is 14.8 Å². The number of aromatic hydroxyl groups is 1. The Hall–Kier alpha value is -1.94. The number of furan rings is 1. The predicted molar refractivity (Wildman–Crippen MR) is 64.5 cm³/mol. The molecule has 0 radical (unpaired) electrons. The minimum atomic E-state index is -0.350. The van der Waals surface area contributed by atoms with Gasteiger partial charge >= 0.3 is 0 Å². The van der Waals surface area contributed by atoms with Gasteiger partial charge in [-0.05, 0) is 48.4 Å². The fourth-order valence-corrected chi connectivity index (χ4v) is 1.63. The van der Waals surface area contributed by atoms with Crippen molar-refractivity contribution >= 4 is 23.2 Å². The molecule has 0 atom stereocenters. The van der Waals surface area contributed by atoms with Crippen LogP contribution in [0.5, 0.6) is 5.75 Å². The van der Waals surface area contributed by atoms with Crippen molar-refractivity contribution < 1.29 is 14.3 Å². The number of phenols is 1. The number of halogens is 1. The van der Waals surface area contributed by atoms with E-state index in [1.807, 2.05) is 0 Å². The summed E-state index contributed by atoms with van der Waals surface area (Å²) in [6, 6.07) is 6.18. The Morgan fingerprint density at radius 2 is 2.18 bits per heavy atom. The predicted octanol–water partition coefficient (Wildman–Crippen LogP) is 3.20. The number of carbonyl (C=O) groups is 1. The lowest BCUT2D eigenvalue weighted by atomic mass is 10.2. The fraction of sp³-hybridized carbons (Fsp3) is 0.0833. The summed E-state index contributed by atoms with van der Waals surface area (Å²) in [7, 11) is 0. The van der Waals surface area contributed by atoms with Gasteiger partial charge in [0.2, 0.25) is 5.22 Å². The molecule has 0 aliphatic carbocycles. The molecule has 5 heteroatoms. The minimum Gasteiger partial charge on any atom is -0.508 e. The first-order valence-electron chi connectivity index (χ1n) is 4.92. The summed E-state index contributed by atoms with van der Waals surface area (Å²) in [6.45, 7) is 1.78. The molecular weight excluding hydrogens is 242 g/mol. The highest BCUT2D eigenvalue weighted by Gasteiger charge is 2.13. The summed E-state index contributed by atoms with van der Waals surface area (Å²) in [5, 5.41) is 12.0. The largest absolute Gasteiger partial charge is 0.508 e. The van der Waals surface area contributed by atoms with Gasteiger partial charge in [0.05, 0.1) is 11.8 Å². The van der Waals surface area contributed by atoms with Crippen molar-refractivity contribution in [2.75, 3.05) is 5.32 Å². The minimum absolute atomic E-state index is 0.0546. The van der Waals surface area contributed by atoms with E-state index in [0.717, 1.165) is 5.56 Å². The van der Waals surface area contributed by atoms with Crippen molar-refractivity contribution in [3.8, 4) is 5.75 Å². The Labute approximate surface area is 103 Å². The van der Waals surface area contributed by atoms with Crippen LogP contribution in [-0.2, 0) is 0 Å². The summed E-state index contributed by atoms with van der Waals surface area (Å²) in [4.78, 5) is 11.8. The number of benzene rings is 1. The molecule has 2 rings (SSSR count). The van der Waals surface area contributed by atoms with Crippen LogP contribution in [0.15, 0.2) is 34.9 Å². The molecule has 0 bridgehead atoms. The quantitative estimate of drug-likeness (QED) is 0.806. The number of phenolic OH excluding ortho intramolecular Hbond substituents is 1. The fourth-order valence-electron chi connectivity index (χ4n) is 1.43. The molecule has 4 nitrogen and oxygen atoms in total. The second-order valence-corrected chi connectivity index (χ2v) is 3.90. The molecule has 1 aromatic carbocycles. The molecule has 1 amide bonds. The molecule has 0 saturated carbocycles. The number of amides is 1. The number of carbonyl (C=O) groups excluding carboxylic acids is 1. The maximum atomic E-state index is 11.8. The van der Waals surface area contributed by atoms with Gasteiger partial charge in [-0.1, -0.05) is 0 Å². The number of hydrogen-bond donors (Lipinski definition) is 2. The Morgan fingerprint density at radius 3 is 2.76 bits per heavy atom. The molecule has 0 unspecified atom stereocenters. The Balaban J connectivity index is 2.22. The van der Waals surface area contributed by atoms with E-state index in [1.54, 1.807) is 19.1 Å². The zero-order valence-electron chi connectivity index (χ0n) is 9.03. The summed E-state index contributed by atoms with van der Waals surface area (Å²) < 4.78 is 4.84. The molecule has 0 aliphatic rings. The van der Waals surface area contributed by atoms with Crippen molar-refractivity contribution in [1.82, 2.24) is 0 Å². The third-order valence-corrected chi connectivity index (χ3v) is 2.61. The Kier molecular flexibility index (Phi) is 3.06. The van der Waals surface area contributed by atoms with E-state index in [9.17, 15) is 9.90 Å². The maximum absolute atomic E-state index is 11.8. The number of hydrogen-bond acceptors (Lipinski definition) is 3. The van der Waals surface area contributed by atoms with Crippen LogP contribution in [0.1, 0.15) is 15.9 Å². The second kappa shape index (κ2) is 4.51. The average Bonchev–Trinajstić information content (AvgIpc) is 2.68. The van der Waals surface area contributed by atoms with Gasteiger partial charge in [-0.25, -0.2) is 0 Å². The summed E-state index contributed by atoms with van der Waals surface area (Å²) in [6.07, 6.45) is 1.35. The van der Waals surface area contributed by atoms with Crippen molar-refractivity contribution in [2.24, 2.45) is 0 Å². The van der Waals surface area contributed by atoms with E-state index in [2.05, 4.69) is 5.32 Å². The molecular formula is C12H10ClNO3. The van der Waals surface area contributed by atoms with Crippen LogP contribution in [0.4, 0.5) is 5.69 Å². The van der Waals surface area contributed by atoms with Crippen LogP contribution in [0, 0.1) is 6.92 Å². The van der Waals surface area contributed by atoms with Gasteiger partial charge in [0.1, 0.15) is 5.75 Å². The average molecular weight is 252 g/mol. The van der Waals surface area contributed by atoms with Crippen LogP contribution < -0.4 is 5.32 Å². The SMILES string of the molecule is Cc1cc(O)ccc1NC(=O)c1ccoc1Cl. The van der Waals surface area contributed by atoms with Gasteiger partial charge in [-0.3, -0.25) is 4.79 Å². The lowest BCUT2D eigenvalue weighted by Crippen LogP contribution is -2.12. The third kappa shape index (κ3) is 2.42. The van der Waals surface area contributed by atoms with Crippen molar-refractivity contribution in [2.45, 2.75) is 6.92 Å². The van der Waals surface area contributed by atoms with Crippen molar-refractivity contribution in [1.29, 1.82) is 0 Å². The highest BCUT2D eigenvalue weighted by molar-refractivity contribution is 6.32. The Bertz CT molecular complexity index is 563. The lowest BCUT2D eigenvalue weighted by molar-refractivity contribution is 0.102. The smallest absolute Gasteiger partial charge is 0.260 e. The van der Waals surface area contributed by atoms with E-state index >= 15 is 0 Å². The molecule has 0 aliphatic heterocycles. The standard InChI is InChI=1S/C12H10ClNO3/c1-7-6-8(15)2-3-10(7)14-12(16)9-4-5-17-11(9)13/h2-6,15H,1H3,(H,14,16). The third-order valence-electron chi connectivity index (χ3n) is 2.32. The number of aryl methyl sites for hydroxylation is 1. The summed E-state index contributed by atoms with van der Waals surface area (Å²) in [5.41, 5.74) is 1.65. The molecule has 1 aromatic heterocycles. The maximum Gasteiger partial charge on any atom is 0.260 e. The van der Waals surface area contributed by atoms with Gasteiger partial charge in [0, 0.05) is 5.69 Å². The molecule has 0 spiro atoms. The molecule has 1 heterocycles. The highest BCUT2D eigenvalue weighted by Crippen LogP contribution is 2.22. The lowest BCUT2D eigenvalue weighted by Gasteiger charge is -2.07. The summed E-state index contributed by atoms with van der Waals surface area (Å²) >= 11 is 5.70. The molecule has 2 aromatic rings. The first-order chi connectivity index (χ1) is 8.08. The monoisotopic (exact) mass is 251 g/mol. The second-order valence-electron chi connectivity index (χ2n) is 3.56.